The van der Waals surface area contributed by atoms with E-state index in [1.54, 1.807) is 12.1 Å². The highest BCUT2D eigenvalue weighted by atomic mass is 19.1. The molecular weight excluding hydrogens is 307 g/mol. The Balaban J connectivity index is 2.25. The van der Waals surface area contributed by atoms with Crippen molar-refractivity contribution < 1.29 is 14.0 Å². The van der Waals surface area contributed by atoms with Gasteiger partial charge in [-0.05, 0) is 64.1 Å². The molecule has 2 aromatic rings. The first-order chi connectivity index (χ1) is 11.2. The van der Waals surface area contributed by atoms with Crippen molar-refractivity contribution in [3.8, 4) is 0 Å². The third-order valence-electron chi connectivity index (χ3n) is 3.49. The van der Waals surface area contributed by atoms with E-state index in [4.69, 9.17) is 0 Å². The number of carbonyl (C=O) groups is 2. The summed E-state index contributed by atoms with van der Waals surface area (Å²) in [6.45, 7) is 7.36. The lowest BCUT2D eigenvalue weighted by molar-refractivity contribution is 0.0358. The van der Waals surface area contributed by atoms with Gasteiger partial charge in [-0.15, -0.1) is 0 Å². The number of hydrogen-bond acceptors (Lipinski definition) is 2. The molecule has 0 atom stereocenters. The Bertz CT molecular complexity index is 731. The van der Waals surface area contributed by atoms with Gasteiger partial charge < -0.3 is 0 Å². The minimum absolute atomic E-state index is 0.301. The molecule has 0 aromatic heterocycles. The van der Waals surface area contributed by atoms with Crippen LogP contribution in [0.3, 0.4) is 0 Å². The number of benzene rings is 2. The minimum Gasteiger partial charge on any atom is -0.267 e. The molecule has 126 valence electrons. The van der Waals surface area contributed by atoms with Gasteiger partial charge in [0.15, 0.2) is 0 Å². The second-order valence-electron chi connectivity index (χ2n) is 6.63. The summed E-state index contributed by atoms with van der Waals surface area (Å²) in [5.41, 5.74) is 3.81. The average molecular weight is 328 g/mol. The van der Waals surface area contributed by atoms with Crippen LogP contribution in [0, 0.1) is 12.7 Å². The maximum absolute atomic E-state index is 13.1. The summed E-state index contributed by atoms with van der Waals surface area (Å²) in [5.74, 6) is -1.19. The highest BCUT2D eigenvalue weighted by Gasteiger charge is 2.29. The number of rotatable bonds is 2. The Labute approximate surface area is 141 Å². The fourth-order valence-corrected chi connectivity index (χ4v) is 2.12. The molecule has 0 saturated carbocycles. The summed E-state index contributed by atoms with van der Waals surface area (Å²) < 4.78 is 13.1. The number of nitrogens with zero attached hydrogens (tertiary/aromatic N) is 1. The van der Waals surface area contributed by atoms with Gasteiger partial charge in [0.1, 0.15) is 5.82 Å². The Hall–Kier alpha value is -2.69. The predicted molar refractivity (Wildman–Crippen MR) is 91.0 cm³/mol. The van der Waals surface area contributed by atoms with Gasteiger partial charge in [0.25, 0.3) is 11.8 Å². The second kappa shape index (κ2) is 6.83. The number of aryl methyl sites for hydroxylation is 1. The molecule has 5 heteroatoms. The standard InChI is InChI=1S/C19H21FN2O2/c1-13-5-7-14(8-6-13)17(23)21-22(19(2,3)4)18(24)15-9-11-16(20)12-10-15/h5-12H,1-4H3,(H,21,23). The molecule has 0 fully saturated rings. The normalized spacial score (nSPS) is 11.0. The van der Waals surface area contributed by atoms with Crippen LogP contribution in [0.1, 0.15) is 47.1 Å². The number of hydrogen-bond donors (Lipinski definition) is 1. The fourth-order valence-electron chi connectivity index (χ4n) is 2.12. The smallest absolute Gasteiger partial charge is 0.267 e. The first-order valence-corrected chi connectivity index (χ1v) is 7.66. The van der Waals surface area contributed by atoms with Crippen molar-refractivity contribution in [3.63, 3.8) is 0 Å². The van der Waals surface area contributed by atoms with Crippen LogP contribution in [-0.2, 0) is 0 Å². The molecule has 0 bridgehead atoms. The second-order valence-corrected chi connectivity index (χ2v) is 6.63. The molecule has 2 aromatic carbocycles. The summed E-state index contributed by atoms with van der Waals surface area (Å²) in [5, 5.41) is 1.27. The molecule has 4 nitrogen and oxygen atoms in total. The molecule has 0 aliphatic carbocycles. The third-order valence-corrected chi connectivity index (χ3v) is 3.49. The Morgan fingerprint density at radius 1 is 0.917 bits per heavy atom. The van der Waals surface area contributed by atoms with Crippen molar-refractivity contribution >= 4 is 11.8 Å². The van der Waals surface area contributed by atoms with Gasteiger partial charge in [-0.2, -0.15) is 0 Å². The summed E-state index contributed by atoms with van der Waals surface area (Å²) in [7, 11) is 0. The third kappa shape index (κ3) is 4.19. The average Bonchev–Trinajstić information content (AvgIpc) is 2.52. The summed E-state index contributed by atoms with van der Waals surface area (Å²) in [6, 6.07) is 12.3. The van der Waals surface area contributed by atoms with E-state index in [-0.39, 0.29) is 5.91 Å². The molecule has 2 rings (SSSR count). The van der Waals surface area contributed by atoms with Crippen LogP contribution in [0.25, 0.3) is 0 Å². The summed E-state index contributed by atoms with van der Waals surface area (Å²) in [4.78, 5) is 25.2. The minimum atomic E-state index is -0.647. The molecule has 0 unspecified atom stereocenters. The van der Waals surface area contributed by atoms with E-state index in [9.17, 15) is 14.0 Å². The molecule has 0 heterocycles. The highest BCUT2D eigenvalue weighted by Crippen LogP contribution is 2.16. The first-order valence-electron chi connectivity index (χ1n) is 7.66. The van der Waals surface area contributed by atoms with E-state index >= 15 is 0 Å². The summed E-state index contributed by atoms with van der Waals surface area (Å²) in [6.07, 6.45) is 0. The largest absolute Gasteiger partial charge is 0.272 e. The lowest BCUT2D eigenvalue weighted by atomic mass is 10.1. The van der Waals surface area contributed by atoms with Crippen molar-refractivity contribution in [1.29, 1.82) is 0 Å². The van der Waals surface area contributed by atoms with E-state index in [2.05, 4.69) is 5.43 Å². The zero-order chi connectivity index (χ0) is 17.9. The van der Waals surface area contributed by atoms with Crippen molar-refractivity contribution in [2.45, 2.75) is 33.2 Å². The van der Waals surface area contributed by atoms with Gasteiger partial charge >= 0.3 is 0 Å². The van der Waals surface area contributed by atoms with E-state index in [0.717, 1.165) is 5.56 Å². The van der Waals surface area contributed by atoms with Gasteiger partial charge in [0.05, 0.1) is 5.54 Å². The highest BCUT2D eigenvalue weighted by molar-refractivity contribution is 5.99. The van der Waals surface area contributed by atoms with Crippen LogP contribution in [0.4, 0.5) is 4.39 Å². The molecule has 0 aliphatic heterocycles. The van der Waals surface area contributed by atoms with Gasteiger partial charge in [0.2, 0.25) is 0 Å². The van der Waals surface area contributed by atoms with Crippen LogP contribution >= 0.6 is 0 Å². The quantitative estimate of drug-likeness (QED) is 0.854. The maximum Gasteiger partial charge on any atom is 0.272 e. The van der Waals surface area contributed by atoms with Gasteiger partial charge in [0, 0.05) is 11.1 Å². The Morgan fingerprint density at radius 2 is 1.42 bits per heavy atom. The molecule has 24 heavy (non-hydrogen) atoms. The van der Waals surface area contributed by atoms with Crippen LogP contribution in [0.15, 0.2) is 48.5 Å². The van der Waals surface area contributed by atoms with Crippen LogP contribution in [-0.4, -0.2) is 22.4 Å². The Morgan fingerprint density at radius 3 is 1.92 bits per heavy atom. The number of hydrazine groups is 1. The molecule has 1 N–H and O–H groups in total. The maximum atomic E-state index is 13.1. The van der Waals surface area contributed by atoms with Crippen molar-refractivity contribution in [3.05, 3.63) is 71.0 Å². The number of halogens is 1. The molecule has 0 saturated heterocycles. The monoisotopic (exact) mass is 328 g/mol. The number of carbonyl (C=O) groups excluding carboxylic acids is 2. The van der Waals surface area contributed by atoms with E-state index in [1.807, 2.05) is 39.8 Å². The molecule has 0 aliphatic rings. The van der Waals surface area contributed by atoms with E-state index in [0.29, 0.717) is 11.1 Å². The zero-order valence-electron chi connectivity index (χ0n) is 14.3. The number of nitrogens with one attached hydrogen (secondary N) is 1. The Kier molecular flexibility index (Phi) is 5.02. The topological polar surface area (TPSA) is 49.4 Å². The first kappa shape index (κ1) is 17.7. The van der Waals surface area contributed by atoms with Gasteiger partial charge in [-0.3, -0.25) is 15.0 Å². The van der Waals surface area contributed by atoms with Crippen LogP contribution in [0.5, 0.6) is 0 Å². The molecule has 0 radical (unpaired) electrons. The van der Waals surface area contributed by atoms with Crippen molar-refractivity contribution in [2.75, 3.05) is 0 Å². The van der Waals surface area contributed by atoms with E-state index < -0.39 is 17.3 Å². The molecule has 0 spiro atoms. The van der Waals surface area contributed by atoms with Gasteiger partial charge in [-0.1, -0.05) is 17.7 Å². The van der Waals surface area contributed by atoms with Crippen LogP contribution in [0.2, 0.25) is 0 Å². The summed E-state index contributed by atoms with van der Waals surface area (Å²) >= 11 is 0. The predicted octanol–water partition coefficient (Wildman–Crippen LogP) is 3.72. The lowest BCUT2D eigenvalue weighted by Gasteiger charge is -2.35. The van der Waals surface area contributed by atoms with Crippen molar-refractivity contribution in [1.82, 2.24) is 10.4 Å². The van der Waals surface area contributed by atoms with Crippen molar-refractivity contribution in [2.24, 2.45) is 0 Å². The zero-order valence-corrected chi connectivity index (χ0v) is 14.3. The van der Waals surface area contributed by atoms with Gasteiger partial charge in [-0.25, -0.2) is 9.40 Å². The SMILES string of the molecule is Cc1ccc(C(=O)NN(C(=O)c2ccc(F)cc2)C(C)(C)C)cc1. The molecule has 2 amide bonds. The lowest BCUT2D eigenvalue weighted by Crippen LogP contribution is -2.55. The van der Waals surface area contributed by atoms with Crippen LogP contribution < -0.4 is 5.43 Å². The fraction of sp³-hybridized carbons (Fsp3) is 0.263. The molecular formula is C19H21FN2O2. The van der Waals surface area contributed by atoms with E-state index in [1.165, 1.54) is 29.3 Å². The number of amides is 2.